The minimum atomic E-state index is 0.878. The van der Waals surface area contributed by atoms with Crippen molar-refractivity contribution in [2.45, 2.75) is 19.8 Å². The van der Waals surface area contributed by atoms with Gasteiger partial charge in [0.2, 0.25) is 0 Å². The zero-order valence-corrected chi connectivity index (χ0v) is 12.3. The van der Waals surface area contributed by atoms with E-state index in [0.29, 0.717) is 0 Å². The predicted octanol–water partition coefficient (Wildman–Crippen LogP) is 4.84. The van der Waals surface area contributed by atoms with Gasteiger partial charge in [-0.1, -0.05) is 47.1 Å². The Morgan fingerprint density at radius 1 is 1.00 bits per heavy atom. The molecule has 1 nitrogen and oxygen atoms in total. The number of halogens is 1. The number of fused-ring (bicyclic) bond motifs is 1. The molecule has 0 aliphatic carbocycles. The first-order valence-electron chi connectivity index (χ1n) is 6.68. The van der Waals surface area contributed by atoms with Crippen LogP contribution in [0.4, 0.5) is 5.69 Å². The molecule has 0 spiro atoms. The quantitative estimate of drug-likeness (QED) is 0.729. The van der Waals surface area contributed by atoms with Gasteiger partial charge in [-0.25, -0.2) is 0 Å². The lowest BCUT2D eigenvalue weighted by Crippen LogP contribution is -2.32. The lowest BCUT2D eigenvalue weighted by Gasteiger charge is -2.33. The summed E-state index contributed by atoms with van der Waals surface area (Å²) in [5.74, 6) is 0.878. The molecular weight excluding hydrogens is 286 g/mol. The number of rotatable bonds is 1. The summed E-state index contributed by atoms with van der Waals surface area (Å²) in [6.45, 7) is 4.73. The Labute approximate surface area is 117 Å². The maximum atomic E-state index is 3.65. The highest BCUT2D eigenvalue weighted by molar-refractivity contribution is 9.10. The minimum Gasteiger partial charge on any atom is -0.371 e. The fraction of sp³-hybridized carbons (Fsp3) is 0.375. The molecule has 1 fully saturated rings. The molecule has 0 saturated carbocycles. The second-order valence-electron chi connectivity index (χ2n) is 5.28. The van der Waals surface area contributed by atoms with Crippen molar-refractivity contribution in [1.82, 2.24) is 0 Å². The van der Waals surface area contributed by atoms with E-state index >= 15 is 0 Å². The van der Waals surface area contributed by atoms with Crippen LogP contribution in [0.3, 0.4) is 0 Å². The third-order valence-corrected chi connectivity index (χ3v) is 4.66. The Hall–Kier alpha value is -1.02. The van der Waals surface area contributed by atoms with Crippen LogP contribution in [0.5, 0.6) is 0 Å². The summed E-state index contributed by atoms with van der Waals surface area (Å²) in [7, 11) is 0. The monoisotopic (exact) mass is 303 g/mol. The average Bonchev–Trinajstić information content (AvgIpc) is 2.41. The van der Waals surface area contributed by atoms with E-state index in [1.807, 2.05) is 0 Å². The molecule has 1 saturated heterocycles. The molecule has 0 amide bonds. The highest BCUT2D eigenvalue weighted by atomic mass is 79.9. The highest BCUT2D eigenvalue weighted by Crippen LogP contribution is 2.34. The number of hydrogen-bond acceptors (Lipinski definition) is 1. The van der Waals surface area contributed by atoms with Gasteiger partial charge in [0, 0.05) is 28.6 Å². The highest BCUT2D eigenvalue weighted by Gasteiger charge is 2.17. The van der Waals surface area contributed by atoms with Crippen LogP contribution in [-0.2, 0) is 0 Å². The predicted molar refractivity (Wildman–Crippen MR) is 82.3 cm³/mol. The number of nitrogens with zero attached hydrogens (tertiary/aromatic N) is 1. The molecule has 2 aromatic rings. The first kappa shape index (κ1) is 12.0. The van der Waals surface area contributed by atoms with Gasteiger partial charge in [0.25, 0.3) is 0 Å². The Kier molecular flexibility index (Phi) is 3.29. The molecule has 2 heteroatoms. The van der Waals surface area contributed by atoms with E-state index < -0.39 is 0 Å². The Balaban J connectivity index is 2.04. The fourth-order valence-electron chi connectivity index (χ4n) is 2.77. The van der Waals surface area contributed by atoms with Gasteiger partial charge >= 0.3 is 0 Å². The van der Waals surface area contributed by atoms with Gasteiger partial charge in [-0.05, 0) is 36.3 Å². The first-order chi connectivity index (χ1) is 8.75. The van der Waals surface area contributed by atoms with E-state index in [9.17, 15) is 0 Å². The van der Waals surface area contributed by atoms with E-state index in [1.165, 1.54) is 46.9 Å². The number of anilines is 1. The third kappa shape index (κ3) is 2.14. The van der Waals surface area contributed by atoms with Gasteiger partial charge in [-0.3, -0.25) is 0 Å². The summed E-state index contributed by atoms with van der Waals surface area (Å²) in [5, 5.41) is 2.68. The summed E-state index contributed by atoms with van der Waals surface area (Å²) in [6, 6.07) is 13.1. The molecule has 0 N–H and O–H groups in total. The number of piperidine rings is 1. The van der Waals surface area contributed by atoms with Gasteiger partial charge in [0.05, 0.1) is 0 Å². The van der Waals surface area contributed by atoms with Crippen molar-refractivity contribution in [3.05, 3.63) is 40.9 Å². The van der Waals surface area contributed by atoms with E-state index in [2.05, 4.69) is 64.2 Å². The van der Waals surface area contributed by atoms with E-state index in [-0.39, 0.29) is 0 Å². The van der Waals surface area contributed by atoms with Gasteiger partial charge in [-0.15, -0.1) is 0 Å². The van der Waals surface area contributed by atoms with Crippen LogP contribution in [0.2, 0.25) is 0 Å². The van der Waals surface area contributed by atoms with Crippen LogP contribution in [-0.4, -0.2) is 13.1 Å². The van der Waals surface area contributed by atoms with Crippen LogP contribution in [0.1, 0.15) is 19.8 Å². The van der Waals surface area contributed by atoms with Gasteiger partial charge in [0.15, 0.2) is 0 Å². The minimum absolute atomic E-state index is 0.878. The molecule has 0 bridgehead atoms. The van der Waals surface area contributed by atoms with Crippen LogP contribution in [0.25, 0.3) is 10.8 Å². The Morgan fingerprint density at radius 3 is 2.39 bits per heavy atom. The normalized spacial score (nSPS) is 17.3. The maximum absolute atomic E-state index is 3.65. The van der Waals surface area contributed by atoms with Gasteiger partial charge < -0.3 is 4.90 Å². The van der Waals surface area contributed by atoms with Gasteiger partial charge in [-0.2, -0.15) is 0 Å². The molecule has 0 atom stereocenters. The summed E-state index contributed by atoms with van der Waals surface area (Å²) < 4.78 is 1.19. The van der Waals surface area contributed by atoms with E-state index in [1.54, 1.807) is 0 Å². The zero-order valence-electron chi connectivity index (χ0n) is 10.7. The molecule has 3 rings (SSSR count). The molecule has 18 heavy (non-hydrogen) atoms. The summed E-state index contributed by atoms with van der Waals surface area (Å²) >= 11 is 3.65. The smallest absolute Gasteiger partial charge is 0.0446 e. The van der Waals surface area contributed by atoms with Gasteiger partial charge in [0.1, 0.15) is 0 Å². The first-order valence-corrected chi connectivity index (χ1v) is 7.47. The molecule has 0 radical (unpaired) electrons. The van der Waals surface area contributed by atoms with Crippen molar-refractivity contribution >= 4 is 32.4 Å². The zero-order chi connectivity index (χ0) is 12.5. The van der Waals surface area contributed by atoms with E-state index in [0.717, 1.165) is 5.92 Å². The molecule has 0 unspecified atom stereocenters. The van der Waals surface area contributed by atoms with Crippen molar-refractivity contribution in [2.24, 2.45) is 5.92 Å². The lowest BCUT2D eigenvalue weighted by atomic mass is 9.98. The number of hydrogen-bond donors (Lipinski definition) is 0. The molecule has 0 aromatic heterocycles. The average molecular weight is 304 g/mol. The standard InChI is InChI=1S/C16H18BrN/c1-12-8-10-18(11-9-12)16-7-6-15(17)13-4-2-3-5-14(13)16/h2-7,12H,8-11H2,1H3. The van der Waals surface area contributed by atoms with Crippen molar-refractivity contribution in [2.75, 3.05) is 18.0 Å². The van der Waals surface area contributed by atoms with Crippen molar-refractivity contribution in [3.8, 4) is 0 Å². The second kappa shape index (κ2) is 4.93. The molecular formula is C16H18BrN. The Bertz CT molecular complexity index is 556. The summed E-state index contributed by atoms with van der Waals surface area (Å²) in [4.78, 5) is 2.54. The van der Waals surface area contributed by atoms with Crippen molar-refractivity contribution in [1.29, 1.82) is 0 Å². The van der Waals surface area contributed by atoms with Crippen LogP contribution in [0, 0.1) is 5.92 Å². The Morgan fingerprint density at radius 2 is 1.67 bits per heavy atom. The topological polar surface area (TPSA) is 3.24 Å². The SMILES string of the molecule is CC1CCN(c2ccc(Br)c3ccccc23)CC1. The third-order valence-electron chi connectivity index (χ3n) is 3.97. The van der Waals surface area contributed by atoms with Crippen molar-refractivity contribution in [3.63, 3.8) is 0 Å². The molecule has 1 heterocycles. The molecule has 2 aromatic carbocycles. The molecule has 94 valence electrons. The van der Waals surface area contributed by atoms with Crippen LogP contribution >= 0.6 is 15.9 Å². The molecule has 1 aliphatic heterocycles. The fourth-order valence-corrected chi connectivity index (χ4v) is 3.25. The maximum Gasteiger partial charge on any atom is 0.0446 e. The second-order valence-corrected chi connectivity index (χ2v) is 6.14. The van der Waals surface area contributed by atoms with Crippen molar-refractivity contribution < 1.29 is 0 Å². The molecule has 1 aliphatic rings. The van der Waals surface area contributed by atoms with E-state index in [4.69, 9.17) is 0 Å². The number of benzene rings is 2. The largest absolute Gasteiger partial charge is 0.371 e. The summed E-state index contributed by atoms with van der Waals surface area (Å²) in [5.41, 5.74) is 1.39. The van der Waals surface area contributed by atoms with Crippen LogP contribution < -0.4 is 4.90 Å². The van der Waals surface area contributed by atoms with Crippen LogP contribution in [0.15, 0.2) is 40.9 Å². The lowest BCUT2D eigenvalue weighted by molar-refractivity contribution is 0.439. The summed E-state index contributed by atoms with van der Waals surface area (Å²) in [6.07, 6.45) is 2.62.